The summed E-state index contributed by atoms with van der Waals surface area (Å²) in [6.07, 6.45) is 5.27. The van der Waals surface area contributed by atoms with Crippen LogP contribution >= 0.6 is 0 Å². The molecular formula is C20H21N5O2. The highest BCUT2D eigenvalue weighted by Crippen LogP contribution is 2.17. The van der Waals surface area contributed by atoms with Crippen LogP contribution in [0.1, 0.15) is 29.0 Å². The van der Waals surface area contributed by atoms with Gasteiger partial charge in [-0.15, -0.1) is 0 Å². The number of nitrogens with one attached hydrogen (secondary N) is 1. The minimum atomic E-state index is -0.215. The Morgan fingerprint density at radius 3 is 2.67 bits per heavy atom. The minimum Gasteiger partial charge on any atom is -0.345 e. The van der Waals surface area contributed by atoms with Crippen molar-refractivity contribution in [2.45, 2.75) is 25.9 Å². The van der Waals surface area contributed by atoms with Gasteiger partial charge in [-0.2, -0.15) is 0 Å². The van der Waals surface area contributed by atoms with Gasteiger partial charge >= 0.3 is 0 Å². The second kappa shape index (κ2) is 7.57. The molecule has 0 bridgehead atoms. The van der Waals surface area contributed by atoms with Gasteiger partial charge in [0.25, 0.3) is 5.91 Å². The average Bonchev–Trinajstić information content (AvgIpc) is 3.35. The van der Waals surface area contributed by atoms with Crippen molar-refractivity contribution in [1.82, 2.24) is 24.8 Å². The molecule has 7 heteroatoms. The molecule has 1 N–H and O–H groups in total. The Morgan fingerprint density at radius 2 is 1.89 bits per heavy atom. The maximum atomic E-state index is 12.6. The topological polar surface area (TPSA) is 80.1 Å². The zero-order valence-electron chi connectivity index (χ0n) is 15.0. The molecular weight excluding hydrogens is 342 g/mol. The van der Waals surface area contributed by atoms with Crippen LogP contribution in [0.5, 0.6) is 0 Å². The largest absolute Gasteiger partial charge is 0.345 e. The summed E-state index contributed by atoms with van der Waals surface area (Å²) in [6, 6.07) is 11.1. The number of benzene rings is 1. The van der Waals surface area contributed by atoms with E-state index in [1.165, 1.54) is 6.20 Å². The molecule has 7 nitrogen and oxygen atoms in total. The highest BCUT2D eigenvalue weighted by molar-refractivity contribution is 5.93. The summed E-state index contributed by atoms with van der Waals surface area (Å²) < 4.78 is 1.90. The third kappa shape index (κ3) is 3.67. The first-order chi connectivity index (χ1) is 13.2. The number of rotatable bonds is 5. The third-order valence-corrected chi connectivity index (χ3v) is 4.82. The number of fused-ring (bicyclic) bond motifs is 1. The van der Waals surface area contributed by atoms with Gasteiger partial charge in [0.05, 0.1) is 23.1 Å². The second-order valence-electron chi connectivity index (χ2n) is 6.62. The predicted molar refractivity (Wildman–Crippen MR) is 101 cm³/mol. The molecule has 1 saturated heterocycles. The third-order valence-electron chi connectivity index (χ3n) is 4.82. The Labute approximate surface area is 157 Å². The van der Waals surface area contributed by atoms with E-state index in [-0.39, 0.29) is 24.9 Å². The van der Waals surface area contributed by atoms with E-state index in [4.69, 9.17) is 0 Å². The van der Waals surface area contributed by atoms with Gasteiger partial charge in [0.1, 0.15) is 12.4 Å². The standard InChI is InChI=1S/C20H21N5O2/c26-19(24-10-3-4-11-24)14-25-17-8-2-1-7-16(17)23-18(25)13-22-20(27)15-6-5-9-21-12-15/h1-2,5-9,12H,3-4,10-11,13-14H2,(H,22,27). The molecule has 1 fully saturated rings. The maximum Gasteiger partial charge on any atom is 0.253 e. The lowest BCUT2D eigenvalue weighted by Crippen LogP contribution is -2.32. The van der Waals surface area contributed by atoms with Crippen molar-refractivity contribution < 1.29 is 9.59 Å². The molecule has 3 heterocycles. The van der Waals surface area contributed by atoms with Crippen molar-refractivity contribution in [2.24, 2.45) is 0 Å². The fourth-order valence-corrected chi connectivity index (χ4v) is 3.40. The fraction of sp³-hybridized carbons (Fsp3) is 0.300. The molecule has 0 radical (unpaired) electrons. The monoisotopic (exact) mass is 363 g/mol. The molecule has 1 aliphatic rings. The Balaban J connectivity index is 1.56. The van der Waals surface area contributed by atoms with Crippen LogP contribution < -0.4 is 5.32 Å². The molecule has 1 aromatic carbocycles. The Bertz CT molecular complexity index is 961. The number of nitrogens with zero attached hydrogens (tertiary/aromatic N) is 4. The van der Waals surface area contributed by atoms with Crippen molar-refractivity contribution in [3.05, 3.63) is 60.2 Å². The summed E-state index contributed by atoms with van der Waals surface area (Å²) in [5.74, 6) is 0.545. The average molecular weight is 363 g/mol. The van der Waals surface area contributed by atoms with Crippen LogP contribution in [-0.4, -0.2) is 44.3 Å². The molecule has 138 valence electrons. The number of carbonyl (C=O) groups excluding carboxylic acids is 2. The molecule has 2 aromatic heterocycles. The van der Waals surface area contributed by atoms with Gasteiger partial charge in [0, 0.05) is 25.5 Å². The van der Waals surface area contributed by atoms with Crippen molar-refractivity contribution >= 4 is 22.8 Å². The van der Waals surface area contributed by atoms with E-state index in [2.05, 4.69) is 15.3 Å². The quantitative estimate of drug-likeness (QED) is 0.752. The summed E-state index contributed by atoms with van der Waals surface area (Å²) in [5.41, 5.74) is 2.21. The molecule has 4 rings (SSSR count). The lowest BCUT2D eigenvalue weighted by atomic mass is 10.3. The molecule has 0 spiro atoms. The first-order valence-corrected chi connectivity index (χ1v) is 9.12. The number of pyridine rings is 1. The van der Waals surface area contributed by atoms with E-state index >= 15 is 0 Å². The van der Waals surface area contributed by atoms with E-state index < -0.39 is 0 Å². The van der Waals surface area contributed by atoms with Crippen LogP contribution in [0.25, 0.3) is 11.0 Å². The number of aromatic nitrogens is 3. The summed E-state index contributed by atoms with van der Waals surface area (Å²) in [5, 5.41) is 2.87. The molecule has 0 aliphatic carbocycles. The van der Waals surface area contributed by atoms with E-state index in [9.17, 15) is 9.59 Å². The van der Waals surface area contributed by atoms with Gasteiger partial charge in [-0.1, -0.05) is 12.1 Å². The number of hydrogen-bond donors (Lipinski definition) is 1. The van der Waals surface area contributed by atoms with E-state index in [1.807, 2.05) is 33.7 Å². The van der Waals surface area contributed by atoms with Crippen molar-refractivity contribution in [1.29, 1.82) is 0 Å². The predicted octanol–water partition coefficient (Wildman–Crippen LogP) is 1.98. The smallest absolute Gasteiger partial charge is 0.253 e. The van der Waals surface area contributed by atoms with E-state index in [0.29, 0.717) is 11.4 Å². The van der Waals surface area contributed by atoms with Crippen LogP contribution in [0.15, 0.2) is 48.8 Å². The summed E-state index contributed by atoms with van der Waals surface area (Å²) in [4.78, 5) is 35.4. The normalized spacial score (nSPS) is 13.9. The first-order valence-electron chi connectivity index (χ1n) is 9.12. The number of likely N-dealkylation sites (tertiary alicyclic amines) is 1. The van der Waals surface area contributed by atoms with Crippen molar-refractivity contribution in [3.63, 3.8) is 0 Å². The van der Waals surface area contributed by atoms with E-state index in [1.54, 1.807) is 18.3 Å². The minimum absolute atomic E-state index is 0.0930. The highest BCUT2D eigenvalue weighted by atomic mass is 16.2. The van der Waals surface area contributed by atoms with Crippen LogP contribution in [0.3, 0.4) is 0 Å². The first kappa shape index (κ1) is 17.2. The Kier molecular flexibility index (Phi) is 4.82. The SMILES string of the molecule is O=C(NCc1nc2ccccc2n1CC(=O)N1CCCC1)c1cccnc1. The van der Waals surface area contributed by atoms with Gasteiger partial charge in [0.15, 0.2) is 0 Å². The zero-order valence-corrected chi connectivity index (χ0v) is 15.0. The molecule has 0 saturated carbocycles. The summed E-state index contributed by atoms with van der Waals surface area (Å²) in [6.45, 7) is 2.12. The molecule has 1 aliphatic heterocycles. The van der Waals surface area contributed by atoms with Gasteiger partial charge in [0.2, 0.25) is 5.91 Å². The van der Waals surface area contributed by atoms with E-state index in [0.717, 1.165) is 37.0 Å². The number of para-hydroxylation sites is 2. The van der Waals surface area contributed by atoms with Gasteiger partial charge in [-0.25, -0.2) is 4.98 Å². The number of amides is 2. The van der Waals surface area contributed by atoms with Crippen molar-refractivity contribution in [2.75, 3.05) is 13.1 Å². The number of carbonyl (C=O) groups is 2. The van der Waals surface area contributed by atoms with Gasteiger partial charge < -0.3 is 14.8 Å². The fourth-order valence-electron chi connectivity index (χ4n) is 3.40. The molecule has 3 aromatic rings. The van der Waals surface area contributed by atoms with Crippen LogP contribution in [-0.2, 0) is 17.9 Å². The molecule has 2 amide bonds. The zero-order chi connectivity index (χ0) is 18.6. The Morgan fingerprint density at radius 1 is 1.07 bits per heavy atom. The molecule has 27 heavy (non-hydrogen) atoms. The lowest BCUT2D eigenvalue weighted by molar-refractivity contribution is -0.130. The van der Waals surface area contributed by atoms with Crippen LogP contribution in [0, 0.1) is 0 Å². The second-order valence-corrected chi connectivity index (χ2v) is 6.62. The maximum absolute atomic E-state index is 12.6. The number of hydrogen-bond acceptors (Lipinski definition) is 4. The Hall–Kier alpha value is -3.22. The van der Waals surface area contributed by atoms with Crippen molar-refractivity contribution in [3.8, 4) is 0 Å². The van der Waals surface area contributed by atoms with Gasteiger partial charge in [-0.05, 0) is 37.1 Å². The van der Waals surface area contributed by atoms with Gasteiger partial charge in [-0.3, -0.25) is 14.6 Å². The summed E-state index contributed by atoms with van der Waals surface area (Å²) >= 11 is 0. The number of imidazole rings is 1. The van der Waals surface area contributed by atoms with Crippen LogP contribution in [0.2, 0.25) is 0 Å². The van der Waals surface area contributed by atoms with Crippen LogP contribution in [0.4, 0.5) is 0 Å². The molecule has 0 unspecified atom stereocenters. The lowest BCUT2D eigenvalue weighted by Gasteiger charge is -2.17. The highest BCUT2D eigenvalue weighted by Gasteiger charge is 2.21. The molecule has 0 atom stereocenters. The summed E-state index contributed by atoms with van der Waals surface area (Å²) in [7, 11) is 0.